The summed E-state index contributed by atoms with van der Waals surface area (Å²) in [4.78, 5) is 24.5. The number of aliphatic hydroxyl groups is 5. The Morgan fingerprint density at radius 3 is 2.46 bits per heavy atom. The Kier molecular flexibility index (Phi) is 11.8. The lowest BCUT2D eigenvalue weighted by Crippen LogP contribution is -2.68. The van der Waals surface area contributed by atoms with Crippen molar-refractivity contribution in [2.24, 2.45) is 97.5 Å². The summed E-state index contributed by atoms with van der Waals surface area (Å²) in [5.41, 5.74) is 11.3. The molecule has 1 aromatic heterocycles. The molecule has 378 valence electrons. The number of aromatic nitrogens is 2. The molecule has 12 rings (SSSR count). The van der Waals surface area contributed by atoms with Gasteiger partial charge >= 0.3 is 0 Å². The summed E-state index contributed by atoms with van der Waals surface area (Å²) >= 11 is 0. The van der Waals surface area contributed by atoms with Gasteiger partial charge in [0.25, 0.3) is 0 Å². The van der Waals surface area contributed by atoms with Gasteiger partial charge in [-0.05, 0) is 166 Å². The number of carbonyl (C=O) groups excluding carboxylic acids is 1. The molecule has 0 amide bonds. The summed E-state index contributed by atoms with van der Waals surface area (Å²) in [6.45, 7) is 11.5. The van der Waals surface area contributed by atoms with Crippen molar-refractivity contribution in [3.63, 3.8) is 0 Å². The molecule has 13 heteroatoms. The second kappa shape index (κ2) is 17.0. The molecule has 0 unspecified atom stereocenters. The van der Waals surface area contributed by atoms with E-state index in [1.54, 1.807) is 29.2 Å². The van der Waals surface area contributed by atoms with Crippen LogP contribution in [0.3, 0.4) is 0 Å². The number of carbonyl (C=O) groups is 1. The molecular weight excluding hydrogens is 903 g/mol. The molecule has 0 radical (unpaired) electrons. The number of allylic oxidation sites excluding steroid dienone is 3. The SMILES string of the molecule is C[C@H](O)NC(N)=NC[C@@H]1[C@H]2C(=CC(=O)[C@@H]3C[C@@H](O)[C@@H](O)C[C@]23C)[C@]2(O)[C@H]3CSSC[C@H](n4ccnc4)CC(C)(C)C4=C5CCCC6(CCCC6)[C@H]5C5=C6[C@H]4[C@@H](O)[C@H]4[C@H](CC[C@H]1[C@]2(C)[C@@H]4C3)[C@@H]6CCC5. The van der Waals surface area contributed by atoms with Crippen molar-refractivity contribution < 1.29 is 30.3 Å². The molecule has 2 heterocycles. The van der Waals surface area contributed by atoms with Crippen LogP contribution in [-0.4, -0.2) is 95.0 Å². The topological polar surface area (TPSA) is 186 Å². The van der Waals surface area contributed by atoms with Crippen molar-refractivity contribution in [3.05, 3.63) is 52.7 Å². The Labute approximate surface area is 418 Å². The molecule has 0 aromatic carbocycles. The van der Waals surface area contributed by atoms with Gasteiger partial charge in [0.15, 0.2) is 11.7 Å². The molecule has 11 nitrogen and oxygen atoms in total. The van der Waals surface area contributed by atoms with Crippen molar-refractivity contribution >= 4 is 33.3 Å². The number of ketones is 1. The van der Waals surface area contributed by atoms with E-state index in [1.807, 2.05) is 40.2 Å². The Balaban J connectivity index is 1.08. The van der Waals surface area contributed by atoms with Crippen LogP contribution < -0.4 is 11.1 Å². The van der Waals surface area contributed by atoms with Crippen molar-refractivity contribution in [1.29, 1.82) is 0 Å². The van der Waals surface area contributed by atoms with E-state index in [9.17, 15) is 30.3 Å². The highest BCUT2D eigenvalue weighted by Gasteiger charge is 2.77. The standard InChI is InChI=1S/C56H81N5O6S2/c1-29(62)60-51(57)59-25-36-37-14-13-33-32-10-8-11-34-44(32)46-49(35-12-9-17-55(47(34)35)15-6-7-16-55)52(2,3)23-31(61-19-18-58-28-61)27-69-68-26-30-20-39(45(33)50(46)66)54(37,5)56(30,67)40-22-41(63)38-21-42(64)43(65)24-53(38,4)48(36)40/h18-19,22,28-33,36-39,42-43,45-48,50,62,64-67H,6-17,20-21,23-27H2,1-5H3,(H3,57,59,60)/t29-,30+,31+,32-,33+,36-,37+,38-,39+,42+,43-,45-,46+,47-,48-,50-,53-,54+,56+/m0/s1. The highest BCUT2D eigenvalue weighted by atomic mass is 33.1. The van der Waals surface area contributed by atoms with Crippen LogP contribution in [0.2, 0.25) is 0 Å². The maximum Gasteiger partial charge on any atom is 0.190 e. The number of fused-ring (bicyclic) bond motifs is 10. The summed E-state index contributed by atoms with van der Waals surface area (Å²) in [5.74, 6) is 1.55. The van der Waals surface area contributed by atoms with Gasteiger partial charge in [0.1, 0.15) is 6.23 Å². The summed E-state index contributed by atoms with van der Waals surface area (Å²) in [6.07, 6.45) is 20.8. The maximum atomic E-state index is 14.9. The maximum absolute atomic E-state index is 14.9. The molecule has 1 spiro atoms. The smallest absolute Gasteiger partial charge is 0.190 e. The first-order valence-corrected chi connectivity index (χ1v) is 29.9. The first kappa shape index (κ1) is 47.8. The van der Waals surface area contributed by atoms with Crippen LogP contribution in [0, 0.1) is 86.8 Å². The lowest BCUT2D eigenvalue weighted by molar-refractivity contribution is -0.191. The molecule has 10 aliphatic carbocycles. The minimum Gasteiger partial charge on any atom is -0.392 e. The minimum atomic E-state index is -1.36. The molecule has 8 fully saturated rings. The van der Waals surface area contributed by atoms with E-state index in [0.29, 0.717) is 29.5 Å². The second-order valence-corrected chi connectivity index (χ2v) is 28.5. The third-order valence-corrected chi connectivity index (χ3v) is 25.1. The normalized spacial score (nSPS) is 48.0. The molecule has 69 heavy (non-hydrogen) atoms. The zero-order chi connectivity index (χ0) is 48.2. The van der Waals surface area contributed by atoms with E-state index >= 15 is 0 Å². The zero-order valence-electron chi connectivity index (χ0n) is 41.9. The third-order valence-electron chi connectivity index (χ3n) is 22.6. The molecule has 8 N–H and O–H groups in total. The molecule has 7 saturated carbocycles. The second-order valence-electron chi connectivity index (χ2n) is 25.9. The van der Waals surface area contributed by atoms with E-state index in [1.165, 1.54) is 44.9 Å². The van der Waals surface area contributed by atoms with E-state index in [4.69, 9.17) is 10.7 Å². The Morgan fingerprint density at radius 1 is 0.957 bits per heavy atom. The van der Waals surface area contributed by atoms with Crippen LogP contribution in [0.4, 0.5) is 0 Å². The van der Waals surface area contributed by atoms with Gasteiger partial charge in [0, 0.05) is 65.6 Å². The third kappa shape index (κ3) is 6.79. The Bertz CT molecular complexity index is 2340. The molecule has 1 saturated heterocycles. The first-order chi connectivity index (χ1) is 32.9. The van der Waals surface area contributed by atoms with Gasteiger partial charge < -0.3 is 41.2 Å². The van der Waals surface area contributed by atoms with Gasteiger partial charge in [-0.3, -0.25) is 9.79 Å². The average Bonchev–Trinajstić information content (AvgIpc) is 4.04. The van der Waals surface area contributed by atoms with E-state index < -0.39 is 46.9 Å². The van der Waals surface area contributed by atoms with Gasteiger partial charge in [0.05, 0.1) is 30.2 Å². The van der Waals surface area contributed by atoms with Crippen LogP contribution in [0.5, 0.6) is 0 Å². The number of hydrogen-bond acceptors (Lipinski definition) is 10. The Hall–Kier alpha value is -2.13. The van der Waals surface area contributed by atoms with Gasteiger partial charge in [0.2, 0.25) is 0 Å². The fraction of sp³-hybridized carbons (Fsp3) is 0.804. The number of nitrogens with zero attached hydrogens (tertiary/aromatic N) is 3. The van der Waals surface area contributed by atoms with Gasteiger partial charge in [-0.1, -0.05) is 84.4 Å². The zero-order valence-corrected chi connectivity index (χ0v) is 43.5. The number of imidazole rings is 1. The lowest BCUT2D eigenvalue weighted by atomic mass is 9.39. The minimum absolute atomic E-state index is 0.0144. The first-order valence-electron chi connectivity index (χ1n) is 27.4. The van der Waals surface area contributed by atoms with Gasteiger partial charge in [-0.25, -0.2) is 4.98 Å². The van der Waals surface area contributed by atoms with Crippen molar-refractivity contribution in [2.45, 2.75) is 174 Å². The highest BCUT2D eigenvalue weighted by Crippen LogP contribution is 2.78. The van der Waals surface area contributed by atoms with Gasteiger partial charge in [-0.2, -0.15) is 0 Å². The van der Waals surface area contributed by atoms with Crippen LogP contribution in [0.15, 0.2) is 57.7 Å². The molecular formula is C56H81N5O6S2. The lowest BCUT2D eigenvalue weighted by Gasteiger charge is -2.66. The molecule has 4 bridgehead atoms. The molecule has 19 atom stereocenters. The Morgan fingerprint density at radius 2 is 1.71 bits per heavy atom. The summed E-state index contributed by atoms with van der Waals surface area (Å²) in [7, 11) is 3.78. The van der Waals surface area contributed by atoms with E-state index in [2.05, 4.69) is 48.8 Å². The van der Waals surface area contributed by atoms with E-state index in [0.717, 1.165) is 56.3 Å². The number of aliphatic hydroxyl groups excluding tert-OH is 4. The largest absolute Gasteiger partial charge is 0.392 e. The fourth-order valence-corrected chi connectivity index (χ4v) is 23.2. The summed E-state index contributed by atoms with van der Waals surface area (Å²) in [5, 5.41) is 64.9. The number of guanidine groups is 1. The monoisotopic (exact) mass is 984 g/mol. The fourth-order valence-electron chi connectivity index (χ4n) is 20.4. The molecule has 11 aliphatic rings. The summed E-state index contributed by atoms with van der Waals surface area (Å²) < 4.78 is 2.33. The highest BCUT2D eigenvalue weighted by molar-refractivity contribution is 8.76. The number of nitrogens with two attached hydrogens (primary N) is 1. The van der Waals surface area contributed by atoms with Crippen LogP contribution >= 0.6 is 21.6 Å². The number of rotatable bonds is 4. The van der Waals surface area contributed by atoms with Gasteiger partial charge in [-0.15, -0.1) is 0 Å². The van der Waals surface area contributed by atoms with Crippen molar-refractivity contribution in [2.75, 3.05) is 18.1 Å². The number of nitrogens with one attached hydrogen (secondary N) is 1. The number of aliphatic imine (C=N–C) groups is 1. The molecule has 1 aliphatic heterocycles. The van der Waals surface area contributed by atoms with Crippen molar-refractivity contribution in [3.8, 4) is 0 Å². The molecule has 1 aromatic rings. The van der Waals surface area contributed by atoms with E-state index in [-0.39, 0.29) is 83.4 Å². The van der Waals surface area contributed by atoms with Crippen LogP contribution in [-0.2, 0) is 4.79 Å². The van der Waals surface area contributed by atoms with Crippen LogP contribution in [0.1, 0.15) is 143 Å². The predicted molar refractivity (Wildman–Crippen MR) is 272 cm³/mol. The quantitative estimate of drug-likeness (QED) is 0.0508. The predicted octanol–water partition coefficient (Wildman–Crippen LogP) is 8.15. The van der Waals surface area contributed by atoms with Crippen molar-refractivity contribution in [1.82, 2.24) is 14.9 Å². The number of hydrogen-bond donors (Lipinski definition) is 7. The average molecular weight is 984 g/mol. The summed E-state index contributed by atoms with van der Waals surface area (Å²) in [6, 6.07) is 0.188. The van der Waals surface area contributed by atoms with Crippen LogP contribution in [0.25, 0.3) is 0 Å².